The first-order valence-corrected chi connectivity index (χ1v) is 4.25. The molecule has 72 valence electrons. The van der Waals surface area contributed by atoms with Crippen LogP contribution in [0.3, 0.4) is 0 Å². The van der Waals surface area contributed by atoms with Crippen LogP contribution in [-0.2, 0) is 0 Å². The van der Waals surface area contributed by atoms with Crippen LogP contribution in [0.1, 0.15) is 20.7 Å². The molecule has 5 heteroatoms. The highest BCUT2D eigenvalue weighted by Gasteiger charge is 2.32. The number of rotatable bonds is 1. The van der Waals surface area contributed by atoms with E-state index < -0.39 is 11.8 Å². The van der Waals surface area contributed by atoms with Crippen LogP contribution in [0.15, 0.2) is 12.1 Å². The third-order valence-corrected chi connectivity index (χ3v) is 2.33. The van der Waals surface area contributed by atoms with Crippen LogP contribution >= 0.6 is 11.6 Å². The van der Waals surface area contributed by atoms with Gasteiger partial charge in [0.2, 0.25) is 0 Å². The number of methoxy groups -OCH3 is 1. The second-order valence-corrected chi connectivity index (χ2v) is 3.19. The highest BCUT2D eigenvalue weighted by atomic mass is 35.5. The van der Waals surface area contributed by atoms with Gasteiger partial charge in [-0.25, -0.2) is 0 Å². The van der Waals surface area contributed by atoms with E-state index in [0.717, 1.165) is 0 Å². The summed E-state index contributed by atoms with van der Waals surface area (Å²) in [5, 5.41) is 2.41. The van der Waals surface area contributed by atoms with Crippen LogP contribution in [-0.4, -0.2) is 18.9 Å². The third-order valence-electron chi connectivity index (χ3n) is 2.02. The van der Waals surface area contributed by atoms with E-state index >= 15 is 0 Å². The molecule has 0 unspecified atom stereocenters. The molecular formula is C9H6ClNO3. The number of nitrogens with one attached hydrogen (secondary N) is 1. The normalized spacial score (nSPS) is 13.9. The Kier molecular flexibility index (Phi) is 1.93. The first kappa shape index (κ1) is 9.02. The number of benzene rings is 1. The van der Waals surface area contributed by atoms with Gasteiger partial charge in [0.05, 0.1) is 23.3 Å². The van der Waals surface area contributed by atoms with Gasteiger partial charge in [0.25, 0.3) is 11.8 Å². The molecule has 0 saturated carbocycles. The van der Waals surface area contributed by atoms with Crippen LogP contribution in [0.5, 0.6) is 5.75 Å². The first-order chi connectivity index (χ1) is 6.65. The molecule has 1 N–H and O–H groups in total. The fourth-order valence-electron chi connectivity index (χ4n) is 1.40. The third kappa shape index (κ3) is 1.08. The number of hydrogen-bond donors (Lipinski definition) is 1. The summed E-state index contributed by atoms with van der Waals surface area (Å²) in [5.41, 5.74) is 0.404. The molecule has 0 aliphatic carbocycles. The highest BCUT2D eigenvalue weighted by molar-refractivity contribution is 6.37. The van der Waals surface area contributed by atoms with Crippen molar-refractivity contribution in [3.05, 3.63) is 28.3 Å². The average Bonchev–Trinajstić information content (AvgIpc) is 2.44. The number of amides is 2. The lowest BCUT2D eigenvalue weighted by molar-refractivity contribution is 0.0879. The zero-order chi connectivity index (χ0) is 10.3. The monoisotopic (exact) mass is 211 g/mol. The molecule has 1 heterocycles. The average molecular weight is 212 g/mol. The minimum Gasteiger partial charge on any atom is -0.496 e. The standard InChI is InChI=1S/C9H6ClNO3/c1-14-5-3-2-4(10)6-7(5)9(13)11-8(6)12/h2-3H,1H3,(H,11,12,13). The number of hydrogen-bond acceptors (Lipinski definition) is 3. The molecule has 0 bridgehead atoms. The Morgan fingerprint density at radius 3 is 2.50 bits per heavy atom. The van der Waals surface area contributed by atoms with E-state index in [2.05, 4.69) is 5.32 Å². The summed E-state index contributed by atoms with van der Waals surface area (Å²) in [6.07, 6.45) is 0. The van der Waals surface area contributed by atoms with Crippen molar-refractivity contribution in [2.24, 2.45) is 0 Å². The molecule has 0 saturated heterocycles. The Morgan fingerprint density at radius 1 is 1.21 bits per heavy atom. The zero-order valence-electron chi connectivity index (χ0n) is 7.26. The van der Waals surface area contributed by atoms with Gasteiger partial charge in [-0.1, -0.05) is 11.6 Å². The quantitative estimate of drug-likeness (QED) is 0.711. The van der Waals surface area contributed by atoms with E-state index in [9.17, 15) is 9.59 Å². The van der Waals surface area contributed by atoms with E-state index in [1.165, 1.54) is 13.2 Å². The van der Waals surface area contributed by atoms with E-state index in [1.807, 2.05) is 0 Å². The summed E-state index contributed by atoms with van der Waals surface area (Å²) in [7, 11) is 1.43. The largest absolute Gasteiger partial charge is 0.496 e. The molecule has 0 atom stereocenters. The zero-order valence-corrected chi connectivity index (χ0v) is 8.01. The van der Waals surface area contributed by atoms with E-state index in [0.29, 0.717) is 5.75 Å². The van der Waals surface area contributed by atoms with Gasteiger partial charge in [-0.15, -0.1) is 0 Å². The summed E-state index contributed by atoms with van der Waals surface area (Å²) < 4.78 is 4.96. The van der Waals surface area contributed by atoms with Gasteiger partial charge in [-0.2, -0.15) is 0 Å². The second kappa shape index (κ2) is 2.99. The highest BCUT2D eigenvalue weighted by Crippen LogP contribution is 2.31. The van der Waals surface area contributed by atoms with Crippen molar-refractivity contribution < 1.29 is 14.3 Å². The SMILES string of the molecule is COc1ccc(Cl)c2c1C(=O)NC2=O. The summed E-state index contributed by atoms with van der Waals surface area (Å²) >= 11 is 5.79. The van der Waals surface area contributed by atoms with Crippen LogP contribution in [0.2, 0.25) is 5.02 Å². The summed E-state index contributed by atoms with van der Waals surface area (Å²) in [6.45, 7) is 0. The maximum atomic E-state index is 11.3. The lowest BCUT2D eigenvalue weighted by Gasteiger charge is -2.04. The Balaban J connectivity index is 2.76. The Labute approximate surface area is 84.8 Å². The number of imide groups is 1. The predicted octanol–water partition coefficient (Wildman–Crippen LogP) is 1.23. The van der Waals surface area contributed by atoms with Gasteiger partial charge in [0, 0.05) is 0 Å². The predicted molar refractivity (Wildman–Crippen MR) is 49.8 cm³/mol. The lowest BCUT2D eigenvalue weighted by atomic mass is 10.1. The van der Waals surface area contributed by atoms with Crippen molar-refractivity contribution in [1.29, 1.82) is 0 Å². The fraction of sp³-hybridized carbons (Fsp3) is 0.111. The lowest BCUT2D eigenvalue weighted by Crippen LogP contribution is -2.20. The summed E-state index contributed by atoms with van der Waals surface area (Å²) in [6, 6.07) is 3.08. The van der Waals surface area contributed by atoms with Crippen molar-refractivity contribution in [2.45, 2.75) is 0 Å². The maximum absolute atomic E-state index is 11.3. The Morgan fingerprint density at radius 2 is 1.86 bits per heavy atom. The van der Waals surface area contributed by atoms with Crippen LogP contribution < -0.4 is 10.1 Å². The number of fused-ring (bicyclic) bond motifs is 1. The van der Waals surface area contributed by atoms with Crippen molar-refractivity contribution in [3.8, 4) is 5.75 Å². The van der Waals surface area contributed by atoms with Crippen LogP contribution in [0, 0.1) is 0 Å². The molecule has 2 rings (SSSR count). The fourth-order valence-corrected chi connectivity index (χ4v) is 1.65. The van der Waals surface area contributed by atoms with E-state index in [1.54, 1.807) is 6.07 Å². The van der Waals surface area contributed by atoms with Gasteiger partial charge in [0.1, 0.15) is 5.75 Å². The Bertz CT molecular complexity index is 442. The molecule has 1 aromatic rings. The molecule has 0 radical (unpaired) electrons. The molecule has 0 aromatic heterocycles. The molecule has 1 aliphatic rings. The molecule has 14 heavy (non-hydrogen) atoms. The minimum atomic E-state index is -0.478. The summed E-state index contributed by atoms with van der Waals surface area (Å²) in [5.74, 6) is -0.592. The van der Waals surface area contributed by atoms with Crippen molar-refractivity contribution in [2.75, 3.05) is 7.11 Å². The first-order valence-electron chi connectivity index (χ1n) is 3.87. The smallest absolute Gasteiger partial charge is 0.262 e. The van der Waals surface area contributed by atoms with Gasteiger partial charge in [0.15, 0.2) is 0 Å². The van der Waals surface area contributed by atoms with Gasteiger partial charge in [-0.05, 0) is 12.1 Å². The van der Waals surface area contributed by atoms with Gasteiger partial charge >= 0.3 is 0 Å². The molecule has 4 nitrogen and oxygen atoms in total. The van der Waals surface area contributed by atoms with Crippen molar-refractivity contribution in [3.63, 3.8) is 0 Å². The molecule has 0 spiro atoms. The number of ether oxygens (including phenoxy) is 1. The molecule has 0 fully saturated rings. The van der Waals surface area contributed by atoms with Crippen molar-refractivity contribution >= 4 is 23.4 Å². The van der Waals surface area contributed by atoms with Crippen LogP contribution in [0.25, 0.3) is 0 Å². The Hall–Kier alpha value is -1.55. The molecule has 2 amide bonds. The summed E-state index contributed by atoms with van der Waals surface area (Å²) in [4.78, 5) is 22.6. The van der Waals surface area contributed by atoms with E-state index in [4.69, 9.17) is 16.3 Å². The van der Waals surface area contributed by atoms with Crippen LogP contribution in [0.4, 0.5) is 0 Å². The molecule has 1 aliphatic heterocycles. The number of carbonyl (C=O) groups is 2. The maximum Gasteiger partial charge on any atom is 0.262 e. The number of carbonyl (C=O) groups excluding carboxylic acids is 2. The van der Waals surface area contributed by atoms with E-state index in [-0.39, 0.29) is 16.1 Å². The minimum absolute atomic E-state index is 0.191. The molecular weight excluding hydrogens is 206 g/mol. The topological polar surface area (TPSA) is 55.4 Å². The number of halogens is 1. The molecule has 1 aromatic carbocycles. The van der Waals surface area contributed by atoms with Crippen molar-refractivity contribution in [1.82, 2.24) is 5.32 Å². The second-order valence-electron chi connectivity index (χ2n) is 2.78. The van der Waals surface area contributed by atoms with Gasteiger partial charge in [-0.3, -0.25) is 14.9 Å². The van der Waals surface area contributed by atoms with Gasteiger partial charge < -0.3 is 4.74 Å².